The molecule has 3 aromatic carbocycles. The molecule has 0 unspecified atom stereocenters. The van der Waals surface area contributed by atoms with E-state index in [0.29, 0.717) is 16.7 Å². The Labute approximate surface area is 175 Å². The lowest BCUT2D eigenvalue weighted by atomic mass is 10.2. The minimum Gasteiger partial charge on any atom is -0.451 e. The Kier molecular flexibility index (Phi) is 4.41. The molecule has 5 nitrogen and oxygen atoms in total. The third kappa shape index (κ3) is 3.38. The molecule has 0 aliphatic carbocycles. The van der Waals surface area contributed by atoms with E-state index in [2.05, 4.69) is 29.4 Å². The fraction of sp³-hybridized carbons (Fsp3) is 0.0417. The number of amides is 1. The first-order chi connectivity index (χ1) is 14.6. The minimum atomic E-state index is -0.471. The first-order valence-electron chi connectivity index (χ1n) is 9.39. The zero-order chi connectivity index (χ0) is 20.7. The predicted molar refractivity (Wildman–Crippen MR) is 120 cm³/mol. The quantitative estimate of drug-likeness (QED) is 0.417. The summed E-state index contributed by atoms with van der Waals surface area (Å²) in [5.41, 5.74) is 3.90. The highest BCUT2D eigenvalue weighted by Crippen LogP contribution is 2.31. The topological polar surface area (TPSA) is 72.2 Å². The fourth-order valence-corrected chi connectivity index (χ4v) is 4.33. The van der Waals surface area contributed by atoms with E-state index in [9.17, 15) is 9.59 Å². The van der Waals surface area contributed by atoms with Crippen LogP contribution in [0.2, 0.25) is 0 Å². The van der Waals surface area contributed by atoms with Crippen LogP contribution >= 0.6 is 11.3 Å². The van der Waals surface area contributed by atoms with Crippen LogP contribution in [-0.4, -0.2) is 10.9 Å². The van der Waals surface area contributed by atoms with Gasteiger partial charge in [0.25, 0.3) is 5.91 Å². The second-order valence-corrected chi connectivity index (χ2v) is 8.02. The van der Waals surface area contributed by atoms with Gasteiger partial charge in [0.2, 0.25) is 0 Å². The first kappa shape index (κ1) is 18.3. The molecule has 5 rings (SSSR count). The van der Waals surface area contributed by atoms with Gasteiger partial charge in [0.15, 0.2) is 11.2 Å². The molecule has 0 radical (unpaired) electrons. The number of para-hydroxylation sites is 1. The number of benzene rings is 3. The van der Waals surface area contributed by atoms with Crippen molar-refractivity contribution in [1.29, 1.82) is 0 Å². The monoisotopic (exact) mass is 412 g/mol. The zero-order valence-corrected chi connectivity index (χ0v) is 16.8. The molecular formula is C24H16N2O3S. The van der Waals surface area contributed by atoms with Crippen molar-refractivity contribution in [3.8, 4) is 10.6 Å². The maximum Gasteiger partial charge on any atom is 0.291 e. The molecule has 2 heterocycles. The Balaban J connectivity index is 1.39. The highest BCUT2D eigenvalue weighted by atomic mass is 32.1. The molecule has 30 heavy (non-hydrogen) atoms. The Morgan fingerprint density at radius 3 is 2.63 bits per heavy atom. The van der Waals surface area contributed by atoms with Crippen LogP contribution in [0.3, 0.4) is 0 Å². The van der Waals surface area contributed by atoms with Crippen molar-refractivity contribution in [3.05, 3.63) is 94.3 Å². The van der Waals surface area contributed by atoms with Crippen LogP contribution in [0.15, 0.2) is 82.0 Å². The molecule has 0 spiro atoms. The number of nitrogens with zero attached hydrogens (tertiary/aromatic N) is 1. The zero-order valence-electron chi connectivity index (χ0n) is 16.0. The third-order valence-electron chi connectivity index (χ3n) is 4.79. The van der Waals surface area contributed by atoms with E-state index in [1.807, 2.05) is 30.3 Å². The number of aromatic nitrogens is 1. The molecule has 0 saturated heterocycles. The lowest BCUT2D eigenvalue weighted by Crippen LogP contribution is -2.14. The van der Waals surface area contributed by atoms with E-state index in [1.165, 1.54) is 11.6 Å². The van der Waals surface area contributed by atoms with Crippen molar-refractivity contribution >= 4 is 44.1 Å². The molecular weight excluding hydrogens is 396 g/mol. The molecule has 0 fully saturated rings. The maximum atomic E-state index is 12.6. The van der Waals surface area contributed by atoms with Gasteiger partial charge in [0, 0.05) is 17.3 Å². The van der Waals surface area contributed by atoms with Gasteiger partial charge >= 0.3 is 0 Å². The first-order valence-corrected chi connectivity index (χ1v) is 10.2. The molecule has 0 bridgehead atoms. The number of carbonyl (C=O) groups is 1. The molecule has 0 atom stereocenters. The summed E-state index contributed by atoms with van der Waals surface area (Å²) in [4.78, 5) is 29.4. The predicted octanol–water partition coefficient (Wildman–Crippen LogP) is 5.63. The second-order valence-electron chi connectivity index (χ2n) is 6.99. The van der Waals surface area contributed by atoms with Gasteiger partial charge < -0.3 is 9.73 Å². The van der Waals surface area contributed by atoms with Crippen molar-refractivity contribution in [2.45, 2.75) is 6.92 Å². The number of rotatable bonds is 3. The molecule has 5 aromatic rings. The molecule has 0 aliphatic heterocycles. The van der Waals surface area contributed by atoms with Gasteiger partial charge in [-0.15, -0.1) is 11.3 Å². The molecule has 146 valence electrons. The highest BCUT2D eigenvalue weighted by Gasteiger charge is 2.13. The van der Waals surface area contributed by atoms with Gasteiger partial charge in [-0.2, -0.15) is 0 Å². The van der Waals surface area contributed by atoms with E-state index in [0.717, 1.165) is 20.8 Å². The Morgan fingerprint density at radius 1 is 1.00 bits per heavy atom. The van der Waals surface area contributed by atoms with Gasteiger partial charge in [-0.25, -0.2) is 4.98 Å². The molecule has 1 N–H and O–H groups in total. The highest BCUT2D eigenvalue weighted by molar-refractivity contribution is 7.21. The van der Waals surface area contributed by atoms with Crippen LogP contribution in [0.4, 0.5) is 5.69 Å². The molecule has 0 saturated carbocycles. The van der Waals surface area contributed by atoms with Crippen LogP contribution in [0.1, 0.15) is 16.1 Å². The lowest BCUT2D eigenvalue weighted by molar-refractivity contribution is 0.0997. The number of hydrogen-bond acceptors (Lipinski definition) is 5. The molecule has 1 amide bonds. The summed E-state index contributed by atoms with van der Waals surface area (Å²) in [6, 6.07) is 21.7. The average Bonchev–Trinajstić information content (AvgIpc) is 3.17. The molecule has 0 aliphatic rings. The van der Waals surface area contributed by atoms with Gasteiger partial charge in [0.1, 0.15) is 10.6 Å². The summed E-state index contributed by atoms with van der Waals surface area (Å²) in [6.07, 6.45) is 0. The van der Waals surface area contributed by atoms with Gasteiger partial charge in [0.05, 0.1) is 15.6 Å². The van der Waals surface area contributed by atoms with E-state index in [1.54, 1.807) is 35.6 Å². The molecule has 2 aromatic heterocycles. The van der Waals surface area contributed by atoms with Crippen molar-refractivity contribution in [2.75, 3.05) is 5.32 Å². The van der Waals surface area contributed by atoms with Crippen LogP contribution < -0.4 is 10.7 Å². The number of fused-ring (bicyclic) bond motifs is 2. The van der Waals surface area contributed by atoms with Crippen molar-refractivity contribution in [1.82, 2.24) is 4.98 Å². The van der Waals surface area contributed by atoms with E-state index < -0.39 is 5.91 Å². The summed E-state index contributed by atoms with van der Waals surface area (Å²) in [5.74, 6) is -0.495. The lowest BCUT2D eigenvalue weighted by Gasteiger charge is -2.06. The number of thiazole rings is 1. The van der Waals surface area contributed by atoms with Crippen LogP contribution in [0, 0.1) is 6.92 Å². The van der Waals surface area contributed by atoms with E-state index in [-0.39, 0.29) is 11.2 Å². The summed E-state index contributed by atoms with van der Waals surface area (Å²) < 4.78 is 6.74. The summed E-state index contributed by atoms with van der Waals surface area (Å²) in [7, 11) is 0. The second kappa shape index (κ2) is 7.24. The number of nitrogens with one attached hydrogen (secondary N) is 1. The fourth-order valence-electron chi connectivity index (χ4n) is 3.26. The van der Waals surface area contributed by atoms with Crippen molar-refractivity contribution in [2.24, 2.45) is 0 Å². The van der Waals surface area contributed by atoms with E-state index >= 15 is 0 Å². The molecule has 6 heteroatoms. The average molecular weight is 412 g/mol. The van der Waals surface area contributed by atoms with Gasteiger partial charge in [-0.1, -0.05) is 18.2 Å². The smallest absolute Gasteiger partial charge is 0.291 e. The summed E-state index contributed by atoms with van der Waals surface area (Å²) in [5, 5.41) is 4.15. The Bertz CT molecular complexity index is 1470. The minimum absolute atomic E-state index is 0.0238. The largest absolute Gasteiger partial charge is 0.451 e. The SMILES string of the molecule is Cc1ccc2nc(-c3ccc(NC(=O)c4cc(=O)c5ccccc5o4)cc3)sc2c1. The van der Waals surface area contributed by atoms with Gasteiger partial charge in [-0.3, -0.25) is 9.59 Å². The van der Waals surface area contributed by atoms with Crippen molar-refractivity contribution < 1.29 is 9.21 Å². The number of anilines is 1. The van der Waals surface area contributed by atoms with E-state index in [4.69, 9.17) is 4.42 Å². The number of aryl methyl sites for hydroxylation is 1. The number of carbonyl (C=O) groups excluding carboxylic acids is 1. The Hall–Kier alpha value is -3.77. The van der Waals surface area contributed by atoms with Crippen molar-refractivity contribution in [3.63, 3.8) is 0 Å². The summed E-state index contributed by atoms with van der Waals surface area (Å²) >= 11 is 1.64. The number of hydrogen-bond donors (Lipinski definition) is 1. The summed E-state index contributed by atoms with van der Waals surface area (Å²) in [6.45, 7) is 2.06. The maximum absolute atomic E-state index is 12.6. The van der Waals surface area contributed by atoms with Crippen LogP contribution in [0.5, 0.6) is 0 Å². The standard InChI is InChI=1S/C24H16N2O3S/c1-14-6-11-18-22(12-14)30-24(26-18)15-7-9-16(10-8-15)25-23(28)21-13-19(27)17-4-2-3-5-20(17)29-21/h2-13H,1H3,(H,25,28). The normalized spacial score (nSPS) is 11.1. The van der Waals surface area contributed by atoms with Gasteiger partial charge in [-0.05, 0) is 61.0 Å². The third-order valence-corrected chi connectivity index (χ3v) is 5.86. The van der Waals surface area contributed by atoms with Crippen LogP contribution in [-0.2, 0) is 0 Å². The Morgan fingerprint density at radius 2 is 1.80 bits per heavy atom. The van der Waals surface area contributed by atoms with Crippen LogP contribution in [0.25, 0.3) is 31.8 Å².